The SMILES string of the molecule is CCn1nccc1CN(C)C(=O)c1ccc(COc2ccc(Br)cc2)o1. The van der Waals surface area contributed by atoms with Crippen LogP contribution in [0.5, 0.6) is 5.75 Å². The summed E-state index contributed by atoms with van der Waals surface area (Å²) in [4.78, 5) is 14.2. The van der Waals surface area contributed by atoms with Crippen LogP contribution < -0.4 is 4.74 Å². The van der Waals surface area contributed by atoms with Crippen LogP contribution >= 0.6 is 15.9 Å². The zero-order valence-corrected chi connectivity index (χ0v) is 16.3. The zero-order valence-electron chi connectivity index (χ0n) is 14.7. The number of aromatic nitrogens is 2. The Labute approximate surface area is 160 Å². The minimum Gasteiger partial charge on any atom is -0.486 e. The number of amides is 1. The lowest BCUT2D eigenvalue weighted by Crippen LogP contribution is -2.27. The van der Waals surface area contributed by atoms with Crippen molar-refractivity contribution in [2.75, 3.05) is 7.05 Å². The lowest BCUT2D eigenvalue weighted by Gasteiger charge is -2.16. The predicted octanol–water partition coefficient (Wildman–Crippen LogP) is 4.11. The van der Waals surface area contributed by atoms with Gasteiger partial charge in [-0.2, -0.15) is 5.10 Å². The maximum atomic E-state index is 12.6. The first kappa shape index (κ1) is 18.3. The van der Waals surface area contributed by atoms with Gasteiger partial charge in [-0.15, -0.1) is 0 Å². The summed E-state index contributed by atoms with van der Waals surface area (Å²) < 4.78 is 14.2. The third-order valence-electron chi connectivity index (χ3n) is 3.92. The molecule has 136 valence electrons. The first-order chi connectivity index (χ1) is 12.6. The number of nitrogens with zero attached hydrogens (tertiary/aromatic N) is 3. The number of ether oxygens (including phenoxy) is 1. The first-order valence-electron chi connectivity index (χ1n) is 8.30. The number of carbonyl (C=O) groups is 1. The minimum atomic E-state index is -0.177. The van der Waals surface area contributed by atoms with Crippen molar-refractivity contribution >= 4 is 21.8 Å². The summed E-state index contributed by atoms with van der Waals surface area (Å²) in [5.41, 5.74) is 0.980. The van der Waals surface area contributed by atoms with Gasteiger partial charge in [0, 0.05) is 24.3 Å². The van der Waals surface area contributed by atoms with E-state index in [2.05, 4.69) is 21.0 Å². The quantitative estimate of drug-likeness (QED) is 0.580. The van der Waals surface area contributed by atoms with Gasteiger partial charge in [0.15, 0.2) is 5.76 Å². The molecule has 0 bridgehead atoms. The van der Waals surface area contributed by atoms with Gasteiger partial charge in [0.2, 0.25) is 0 Å². The molecule has 2 aromatic heterocycles. The van der Waals surface area contributed by atoms with Crippen LogP contribution in [-0.2, 0) is 19.7 Å². The topological polar surface area (TPSA) is 60.5 Å². The van der Waals surface area contributed by atoms with E-state index in [9.17, 15) is 4.79 Å². The standard InChI is InChI=1S/C19H20BrN3O3/c1-3-23-15(10-11-21-23)12-22(2)19(24)18-9-8-17(26-18)13-25-16-6-4-14(20)5-7-16/h4-11H,3,12-13H2,1-2H3. The van der Waals surface area contributed by atoms with Crippen LogP contribution in [0.1, 0.15) is 28.9 Å². The average molecular weight is 418 g/mol. The molecule has 3 rings (SSSR count). The smallest absolute Gasteiger partial charge is 0.289 e. The zero-order chi connectivity index (χ0) is 18.5. The second-order valence-electron chi connectivity index (χ2n) is 5.81. The van der Waals surface area contributed by atoms with Crippen molar-refractivity contribution in [1.29, 1.82) is 0 Å². The second kappa shape index (κ2) is 8.23. The molecule has 0 aliphatic carbocycles. The van der Waals surface area contributed by atoms with Gasteiger partial charge >= 0.3 is 0 Å². The summed E-state index contributed by atoms with van der Waals surface area (Å²) in [5.74, 6) is 1.46. The Hall–Kier alpha value is -2.54. The van der Waals surface area contributed by atoms with E-state index in [-0.39, 0.29) is 12.5 Å². The van der Waals surface area contributed by atoms with Gasteiger partial charge in [0.25, 0.3) is 5.91 Å². The number of rotatable bonds is 7. The molecule has 0 fully saturated rings. The number of benzene rings is 1. The summed E-state index contributed by atoms with van der Waals surface area (Å²) in [7, 11) is 1.75. The van der Waals surface area contributed by atoms with Crippen LogP contribution in [0, 0.1) is 0 Å². The fraction of sp³-hybridized carbons (Fsp3) is 0.263. The highest BCUT2D eigenvalue weighted by Crippen LogP contribution is 2.18. The Morgan fingerprint density at radius 2 is 2.00 bits per heavy atom. The van der Waals surface area contributed by atoms with Gasteiger partial charge in [0.1, 0.15) is 18.1 Å². The van der Waals surface area contributed by atoms with E-state index in [0.29, 0.717) is 18.1 Å². The number of aryl methyl sites for hydroxylation is 1. The molecule has 0 saturated carbocycles. The lowest BCUT2D eigenvalue weighted by molar-refractivity contribution is 0.0745. The van der Waals surface area contributed by atoms with Crippen molar-refractivity contribution in [3.05, 3.63) is 70.3 Å². The molecule has 3 aromatic rings. The van der Waals surface area contributed by atoms with Crippen LogP contribution in [0.15, 0.2) is 57.6 Å². The molecule has 0 aliphatic rings. The lowest BCUT2D eigenvalue weighted by atomic mass is 10.3. The average Bonchev–Trinajstić information content (AvgIpc) is 3.29. The van der Waals surface area contributed by atoms with Crippen LogP contribution in [0.25, 0.3) is 0 Å². The van der Waals surface area contributed by atoms with E-state index in [1.807, 2.05) is 41.9 Å². The van der Waals surface area contributed by atoms with Gasteiger partial charge in [-0.3, -0.25) is 9.48 Å². The fourth-order valence-electron chi connectivity index (χ4n) is 2.54. The van der Waals surface area contributed by atoms with Crippen molar-refractivity contribution in [1.82, 2.24) is 14.7 Å². The van der Waals surface area contributed by atoms with E-state index in [1.165, 1.54) is 0 Å². The Morgan fingerprint density at radius 3 is 2.73 bits per heavy atom. The maximum absolute atomic E-state index is 12.6. The Morgan fingerprint density at radius 1 is 1.23 bits per heavy atom. The molecule has 0 atom stereocenters. The normalized spacial score (nSPS) is 10.7. The van der Waals surface area contributed by atoms with Gasteiger partial charge in [-0.25, -0.2) is 0 Å². The summed E-state index contributed by atoms with van der Waals surface area (Å²) >= 11 is 3.38. The third kappa shape index (κ3) is 4.35. The number of hydrogen-bond donors (Lipinski definition) is 0. The van der Waals surface area contributed by atoms with Gasteiger partial charge in [-0.1, -0.05) is 15.9 Å². The van der Waals surface area contributed by atoms with Gasteiger partial charge in [-0.05, 0) is 49.4 Å². The van der Waals surface area contributed by atoms with Crippen molar-refractivity contribution in [2.24, 2.45) is 0 Å². The van der Waals surface area contributed by atoms with Crippen LogP contribution in [0.3, 0.4) is 0 Å². The monoisotopic (exact) mass is 417 g/mol. The molecule has 0 unspecified atom stereocenters. The molecule has 0 spiro atoms. The molecule has 0 radical (unpaired) electrons. The highest BCUT2D eigenvalue weighted by molar-refractivity contribution is 9.10. The fourth-order valence-corrected chi connectivity index (χ4v) is 2.80. The van der Waals surface area contributed by atoms with Crippen LogP contribution in [0.2, 0.25) is 0 Å². The largest absolute Gasteiger partial charge is 0.486 e. The molecule has 1 amide bonds. The molecule has 0 N–H and O–H groups in total. The molecular weight excluding hydrogens is 398 g/mol. The second-order valence-corrected chi connectivity index (χ2v) is 6.72. The molecule has 1 aromatic carbocycles. The number of carbonyl (C=O) groups excluding carboxylic acids is 1. The summed E-state index contributed by atoms with van der Waals surface area (Å²) in [5, 5.41) is 4.22. The van der Waals surface area contributed by atoms with E-state index in [4.69, 9.17) is 9.15 Å². The van der Waals surface area contributed by atoms with Gasteiger partial charge < -0.3 is 14.1 Å². The molecule has 0 aliphatic heterocycles. The number of hydrogen-bond acceptors (Lipinski definition) is 4. The Balaban J connectivity index is 1.59. The maximum Gasteiger partial charge on any atom is 0.289 e. The van der Waals surface area contributed by atoms with Crippen molar-refractivity contribution in [2.45, 2.75) is 26.6 Å². The predicted molar refractivity (Wildman–Crippen MR) is 101 cm³/mol. The van der Waals surface area contributed by atoms with Crippen LogP contribution in [-0.4, -0.2) is 27.6 Å². The molecule has 7 heteroatoms. The summed E-state index contributed by atoms with van der Waals surface area (Å²) in [6.07, 6.45) is 1.74. The highest BCUT2D eigenvalue weighted by Gasteiger charge is 2.17. The highest BCUT2D eigenvalue weighted by atomic mass is 79.9. The summed E-state index contributed by atoms with van der Waals surface area (Å²) in [6, 6.07) is 12.9. The Bertz CT molecular complexity index is 870. The number of furan rings is 1. The number of halogens is 1. The Kier molecular flexibility index (Phi) is 5.78. The van der Waals surface area contributed by atoms with Crippen LogP contribution in [0.4, 0.5) is 0 Å². The van der Waals surface area contributed by atoms with Crippen molar-refractivity contribution in [3.8, 4) is 5.75 Å². The van der Waals surface area contributed by atoms with Gasteiger partial charge in [0.05, 0.1) is 12.2 Å². The molecule has 2 heterocycles. The molecule has 26 heavy (non-hydrogen) atoms. The molecule has 0 saturated heterocycles. The summed E-state index contributed by atoms with van der Waals surface area (Å²) in [6.45, 7) is 3.52. The first-order valence-corrected chi connectivity index (χ1v) is 9.09. The van der Waals surface area contributed by atoms with E-state index in [1.54, 1.807) is 30.3 Å². The third-order valence-corrected chi connectivity index (χ3v) is 4.45. The minimum absolute atomic E-state index is 0.177. The molecule has 6 nitrogen and oxygen atoms in total. The van der Waals surface area contributed by atoms with Crippen molar-refractivity contribution < 1.29 is 13.9 Å². The van der Waals surface area contributed by atoms with E-state index >= 15 is 0 Å². The molecular formula is C19H20BrN3O3. The van der Waals surface area contributed by atoms with E-state index < -0.39 is 0 Å². The van der Waals surface area contributed by atoms with Crippen molar-refractivity contribution in [3.63, 3.8) is 0 Å². The van der Waals surface area contributed by atoms with E-state index in [0.717, 1.165) is 22.5 Å².